The summed E-state index contributed by atoms with van der Waals surface area (Å²) in [5, 5.41) is 6.12. The molecule has 8 heteroatoms. The number of rotatable bonds is 4. The zero-order valence-electron chi connectivity index (χ0n) is 13.4. The molecular weight excluding hydrogens is 457 g/mol. The predicted molar refractivity (Wildman–Crippen MR) is 112 cm³/mol. The van der Waals surface area contributed by atoms with E-state index >= 15 is 0 Å². The average Bonchev–Trinajstić information content (AvgIpc) is 3.09. The lowest BCUT2D eigenvalue weighted by atomic mass is 10.2. The summed E-state index contributed by atoms with van der Waals surface area (Å²) < 4.78 is 2.03. The number of hydrogen-bond donors (Lipinski definition) is 1. The van der Waals surface area contributed by atoms with Crippen molar-refractivity contribution in [1.29, 1.82) is 0 Å². The molecule has 0 fully saturated rings. The van der Waals surface area contributed by atoms with Gasteiger partial charge in [-0.3, -0.25) is 9.39 Å². The molecule has 2 aromatic heterocycles. The van der Waals surface area contributed by atoms with Crippen LogP contribution in [0.4, 0.5) is 0 Å². The number of aliphatic imine (C=N–C) groups is 1. The van der Waals surface area contributed by atoms with Gasteiger partial charge in [-0.25, -0.2) is 4.98 Å². The van der Waals surface area contributed by atoms with Crippen LogP contribution in [0.3, 0.4) is 0 Å². The van der Waals surface area contributed by atoms with Crippen LogP contribution in [0.5, 0.6) is 0 Å². The maximum Gasteiger partial charge on any atom is 0.194 e. The number of aromatic nitrogens is 2. The highest BCUT2D eigenvalue weighted by Gasteiger charge is 2.08. The molecule has 128 valence electrons. The van der Waals surface area contributed by atoms with Crippen molar-refractivity contribution in [3.63, 3.8) is 0 Å². The number of nitrogens with one attached hydrogen (secondary N) is 1. The summed E-state index contributed by atoms with van der Waals surface area (Å²) in [6.07, 6.45) is 4.04. The van der Waals surface area contributed by atoms with Gasteiger partial charge in [-0.15, -0.1) is 35.3 Å². The van der Waals surface area contributed by atoms with Crippen LogP contribution in [0.15, 0.2) is 47.0 Å². The normalized spacial score (nSPS) is 11.4. The van der Waals surface area contributed by atoms with E-state index in [9.17, 15) is 0 Å². The van der Waals surface area contributed by atoms with E-state index in [4.69, 9.17) is 11.6 Å². The van der Waals surface area contributed by atoms with Crippen molar-refractivity contribution in [1.82, 2.24) is 19.6 Å². The number of guanidine groups is 1. The Balaban J connectivity index is 0.00000208. The number of nitrogens with zero attached hydrogens (tertiary/aromatic N) is 4. The van der Waals surface area contributed by atoms with E-state index in [1.165, 1.54) is 0 Å². The second-order valence-corrected chi connectivity index (χ2v) is 6.52. The van der Waals surface area contributed by atoms with Gasteiger partial charge >= 0.3 is 0 Å². The molecule has 0 saturated heterocycles. The Morgan fingerprint density at radius 2 is 2.29 bits per heavy atom. The number of benzene rings is 1. The van der Waals surface area contributed by atoms with Crippen LogP contribution in [0, 0.1) is 0 Å². The lowest BCUT2D eigenvalue weighted by molar-refractivity contribution is 0.476. The highest BCUT2D eigenvalue weighted by molar-refractivity contribution is 14.0. The zero-order valence-corrected chi connectivity index (χ0v) is 17.3. The quantitative estimate of drug-likeness (QED) is 0.354. The van der Waals surface area contributed by atoms with Crippen molar-refractivity contribution >= 4 is 57.8 Å². The zero-order chi connectivity index (χ0) is 16.2. The number of halogens is 2. The van der Waals surface area contributed by atoms with E-state index in [1.807, 2.05) is 47.4 Å². The summed E-state index contributed by atoms with van der Waals surface area (Å²) in [5.74, 6) is 0.821. The Labute approximate surface area is 167 Å². The third-order valence-electron chi connectivity index (χ3n) is 3.45. The maximum absolute atomic E-state index is 6.04. The summed E-state index contributed by atoms with van der Waals surface area (Å²) >= 11 is 7.67. The Bertz CT molecular complexity index is 800. The molecule has 0 aliphatic rings. The number of imidazole rings is 1. The van der Waals surface area contributed by atoms with Gasteiger partial charge in [0.15, 0.2) is 10.9 Å². The SMILES string of the molecule is CN=C(NCc1cn2ccsc2n1)N(C)Cc1cccc(Cl)c1.I. The molecule has 1 N–H and O–H groups in total. The smallest absolute Gasteiger partial charge is 0.194 e. The van der Waals surface area contributed by atoms with Gasteiger partial charge in [0.1, 0.15) is 0 Å². The van der Waals surface area contributed by atoms with Crippen molar-refractivity contribution in [2.45, 2.75) is 13.1 Å². The largest absolute Gasteiger partial charge is 0.351 e. The second-order valence-electron chi connectivity index (χ2n) is 5.21. The van der Waals surface area contributed by atoms with Crippen molar-refractivity contribution in [3.05, 3.63) is 58.3 Å². The van der Waals surface area contributed by atoms with Gasteiger partial charge in [0.2, 0.25) is 0 Å². The predicted octanol–water partition coefficient (Wildman–Crippen LogP) is 3.87. The summed E-state index contributed by atoms with van der Waals surface area (Å²) in [6, 6.07) is 7.86. The number of hydrogen-bond acceptors (Lipinski definition) is 3. The molecule has 2 heterocycles. The highest BCUT2D eigenvalue weighted by atomic mass is 127. The van der Waals surface area contributed by atoms with Crippen molar-refractivity contribution in [2.75, 3.05) is 14.1 Å². The molecule has 0 radical (unpaired) electrons. The monoisotopic (exact) mass is 475 g/mol. The fourth-order valence-electron chi connectivity index (χ4n) is 2.40. The van der Waals surface area contributed by atoms with E-state index in [1.54, 1.807) is 18.4 Å². The average molecular weight is 476 g/mol. The third kappa shape index (κ3) is 4.61. The molecule has 5 nitrogen and oxygen atoms in total. The first kappa shape index (κ1) is 19.0. The molecule has 3 aromatic rings. The van der Waals surface area contributed by atoms with E-state index < -0.39 is 0 Å². The summed E-state index contributed by atoms with van der Waals surface area (Å²) in [7, 11) is 3.78. The van der Waals surface area contributed by atoms with Crippen LogP contribution in [-0.4, -0.2) is 34.3 Å². The van der Waals surface area contributed by atoms with Gasteiger partial charge in [0, 0.05) is 43.4 Å². The molecule has 0 spiro atoms. The van der Waals surface area contributed by atoms with Gasteiger partial charge in [-0.2, -0.15) is 0 Å². The molecule has 0 aliphatic carbocycles. The minimum absolute atomic E-state index is 0. The minimum atomic E-state index is 0. The second kappa shape index (κ2) is 8.68. The third-order valence-corrected chi connectivity index (χ3v) is 4.46. The van der Waals surface area contributed by atoms with Crippen LogP contribution in [0.2, 0.25) is 5.02 Å². The topological polar surface area (TPSA) is 44.9 Å². The lowest BCUT2D eigenvalue weighted by Gasteiger charge is -2.22. The van der Waals surface area contributed by atoms with Crippen LogP contribution < -0.4 is 5.32 Å². The molecule has 3 rings (SSSR count). The van der Waals surface area contributed by atoms with Gasteiger partial charge < -0.3 is 10.2 Å². The van der Waals surface area contributed by atoms with Crippen molar-refractivity contribution < 1.29 is 0 Å². The molecule has 0 unspecified atom stereocenters. The van der Waals surface area contributed by atoms with Crippen LogP contribution in [0.25, 0.3) is 4.96 Å². The summed E-state index contributed by atoms with van der Waals surface area (Å²) in [4.78, 5) is 12.0. The molecule has 0 amide bonds. The summed E-state index contributed by atoms with van der Waals surface area (Å²) in [5.41, 5.74) is 2.14. The van der Waals surface area contributed by atoms with Crippen LogP contribution in [0.1, 0.15) is 11.3 Å². The van der Waals surface area contributed by atoms with E-state index in [0.717, 1.165) is 33.7 Å². The minimum Gasteiger partial charge on any atom is -0.351 e. The maximum atomic E-state index is 6.04. The molecule has 0 bridgehead atoms. The van der Waals surface area contributed by atoms with E-state index in [-0.39, 0.29) is 24.0 Å². The van der Waals surface area contributed by atoms with E-state index in [0.29, 0.717) is 6.54 Å². The molecule has 0 atom stereocenters. The molecule has 1 aromatic carbocycles. The van der Waals surface area contributed by atoms with Crippen LogP contribution in [-0.2, 0) is 13.1 Å². The first-order valence-electron chi connectivity index (χ1n) is 7.23. The molecule has 0 aliphatic heterocycles. The van der Waals surface area contributed by atoms with Crippen molar-refractivity contribution in [3.8, 4) is 0 Å². The van der Waals surface area contributed by atoms with Gasteiger partial charge in [-0.05, 0) is 17.7 Å². The van der Waals surface area contributed by atoms with Crippen LogP contribution >= 0.6 is 46.9 Å². The fourth-order valence-corrected chi connectivity index (χ4v) is 3.33. The first-order chi connectivity index (χ1) is 11.2. The Hall–Kier alpha value is -1.32. The van der Waals surface area contributed by atoms with Gasteiger partial charge in [0.25, 0.3) is 0 Å². The molecule has 0 saturated carbocycles. The fraction of sp³-hybridized carbons (Fsp3) is 0.250. The Morgan fingerprint density at radius 1 is 1.46 bits per heavy atom. The van der Waals surface area contributed by atoms with Crippen molar-refractivity contribution in [2.24, 2.45) is 4.99 Å². The summed E-state index contributed by atoms with van der Waals surface area (Å²) in [6.45, 7) is 1.37. The number of thiazole rings is 1. The highest BCUT2D eigenvalue weighted by Crippen LogP contribution is 2.13. The first-order valence-corrected chi connectivity index (χ1v) is 8.49. The van der Waals surface area contributed by atoms with Gasteiger partial charge in [0.05, 0.1) is 12.2 Å². The Morgan fingerprint density at radius 3 is 3.00 bits per heavy atom. The molecule has 24 heavy (non-hydrogen) atoms. The standard InChI is InChI=1S/C16H18ClN5S.HI/c1-18-15(21(2)10-12-4-3-5-13(17)8-12)19-9-14-11-22-6-7-23-16(22)20-14;/h3-8,11H,9-10H2,1-2H3,(H,18,19);1H. The van der Waals surface area contributed by atoms with Gasteiger partial charge in [-0.1, -0.05) is 23.7 Å². The lowest BCUT2D eigenvalue weighted by Crippen LogP contribution is -2.38. The Kier molecular flexibility index (Phi) is 6.88. The molecular formula is C16H19ClIN5S. The van der Waals surface area contributed by atoms with E-state index in [2.05, 4.69) is 26.3 Å². The number of fused-ring (bicyclic) bond motifs is 1.